The van der Waals surface area contributed by atoms with Crippen molar-refractivity contribution in [2.45, 2.75) is 24.4 Å². The molecule has 4 nitrogen and oxygen atoms in total. The molecule has 112 valence electrons. The summed E-state index contributed by atoms with van der Waals surface area (Å²) in [6.45, 7) is 2.68. The summed E-state index contributed by atoms with van der Waals surface area (Å²) < 4.78 is 23.8. The fraction of sp³-hybridized carbons (Fsp3) is 0.200. The lowest BCUT2D eigenvalue weighted by molar-refractivity contribution is 0.572. The van der Waals surface area contributed by atoms with Crippen LogP contribution in [-0.4, -0.2) is 8.42 Å². The van der Waals surface area contributed by atoms with Gasteiger partial charge in [-0.2, -0.15) is 0 Å². The van der Waals surface area contributed by atoms with Gasteiger partial charge in [-0.3, -0.25) is 0 Å². The Morgan fingerprint density at radius 1 is 1.19 bits per heavy atom. The number of benzene rings is 2. The smallest absolute Gasteiger partial charge is 0.238 e. The fourth-order valence-corrected chi connectivity index (χ4v) is 3.01. The van der Waals surface area contributed by atoms with Crippen LogP contribution < -0.4 is 10.5 Å². The summed E-state index contributed by atoms with van der Waals surface area (Å²) in [5, 5.41) is 8.52. The summed E-state index contributed by atoms with van der Waals surface area (Å²) in [4.78, 5) is 0.135. The highest BCUT2D eigenvalue weighted by Crippen LogP contribution is 2.18. The molecule has 0 saturated heterocycles. The number of nitrogens with two attached hydrogens (primary N) is 1. The summed E-state index contributed by atoms with van der Waals surface area (Å²) >= 11 is 3.44. The average molecular weight is 369 g/mol. The second-order valence-corrected chi connectivity index (χ2v) is 7.33. The largest absolute Gasteiger partial charge is 0.306 e. The molecule has 0 aliphatic carbocycles. The van der Waals surface area contributed by atoms with Crippen LogP contribution in [0.4, 0.5) is 0 Å². The first-order valence-corrected chi connectivity index (χ1v) is 8.81. The van der Waals surface area contributed by atoms with E-state index >= 15 is 0 Å². The summed E-state index contributed by atoms with van der Waals surface area (Å²) in [5.41, 5.74) is 2.04. The maximum Gasteiger partial charge on any atom is 0.238 e. The molecule has 2 aromatic rings. The van der Waals surface area contributed by atoms with Gasteiger partial charge in [0.15, 0.2) is 0 Å². The second kappa shape index (κ2) is 6.70. The number of sulfonamides is 1. The van der Waals surface area contributed by atoms with E-state index in [9.17, 15) is 8.42 Å². The lowest BCUT2D eigenvalue weighted by Gasteiger charge is -2.15. The van der Waals surface area contributed by atoms with E-state index in [1.165, 1.54) is 6.07 Å². The van der Waals surface area contributed by atoms with Crippen molar-refractivity contribution in [3.63, 3.8) is 0 Å². The van der Waals surface area contributed by atoms with E-state index in [1.807, 2.05) is 37.3 Å². The molecule has 2 aromatic carbocycles. The molecule has 0 fully saturated rings. The predicted octanol–water partition coefficient (Wildman–Crippen LogP) is 2.95. The molecular weight excluding hydrogens is 352 g/mol. The minimum absolute atomic E-state index is 0.0191. The summed E-state index contributed by atoms with van der Waals surface area (Å²) in [6.07, 6.45) is 0. The van der Waals surface area contributed by atoms with Crippen LogP contribution in [0.1, 0.15) is 24.1 Å². The molecule has 0 aliphatic heterocycles. The minimum atomic E-state index is -3.67. The Kier molecular flexibility index (Phi) is 5.16. The summed E-state index contributed by atoms with van der Waals surface area (Å²) in [5.74, 6) is 0. The molecule has 6 heteroatoms. The second-order valence-electron chi connectivity index (χ2n) is 4.85. The first kappa shape index (κ1) is 16.2. The van der Waals surface area contributed by atoms with Crippen LogP contribution in [-0.2, 0) is 16.6 Å². The zero-order valence-electron chi connectivity index (χ0n) is 11.6. The zero-order chi connectivity index (χ0) is 15.5. The highest BCUT2D eigenvalue weighted by Gasteiger charge is 2.11. The highest BCUT2D eigenvalue weighted by atomic mass is 79.9. The maximum absolute atomic E-state index is 11.4. The van der Waals surface area contributed by atoms with Gasteiger partial charge < -0.3 is 5.32 Å². The Morgan fingerprint density at radius 2 is 1.90 bits per heavy atom. The van der Waals surface area contributed by atoms with Gasteiger partial charge in [-0.15, -0.1) is 0 Å². The number of primary sulfonamides is 1. The molecule has 21 heavy (non-hydrogen) atoms. The Balaban J connectivity index is 2.08. The lowest BCUT2D eigenvalue weighted by Crippen LogP contribution is -2.19. The Morgan fingerprint density at radius 3 is 2.57 bits per heavy atom. The maximum atomic E-state index is 11.4. The number of halogens is 1. The van der Waals surface area contributed by atoms with Crippen molar-refractivity contribution in [1.82, 2.24) is 5.32 Å². The first-order chi connectivity index (χ1) is 9.86. The van der Waals surface area contributed by atoms with E-state index in [2.05, 4.69) is 21.2 Å². The summed E-state index contributed by atoms with van der Waals surface area (Å²) in [7, 11) is -3.67. The molecule has 2 rings (SSSR count). The van der Waals surface area contributed by atoms with Gasteiger partial charge in [0.05, 0.1) is 4.90 Å². The molecule has 1 atom stereocenters. The van der Waals surface area contributed by atoms with Crippen molar-refractivity contribution in [2.75, 3.05) is 0 Å². The van der Waals surface area contributed by atoms with Crippen LogP contribution in [0.2, 0.25) is 0 Å². The number of hydrogen-bond donors (Lipinski definition) is 2. The average Bonchev–Trinajstić information content (AvgIpc) is 2.44. The monoisotopic (exact) mass is 368 g/mol. The van der Waals surface area contributed by atoms with E-state index < -0.39 is 10.0 Å². The standard InChI is InChI=1S/C15H17BrN2O2S/c1-11(18-10-12-4-2-6-14(16)8-12)13-5-3-7-15(9-13)21(17,19)20/h2-9,11,18H,10H2,1H3,(H2,17,19,20). The van der Waals surface area contributed by atoms with E-state index in [0.29, 0.717) is 6.54 Å². The van der Waals surface area contributed by atoms with Crippen molar-refractivity contribution in [3.05, 3.63) is 64.1 Å². The number of hydrogen-bond acceptors (Lipinski definition) is 3. The van der Waals surface area contributed by atoms with Gasteiger partial charge in [0.1, 0.15) is 0 Å². The van der Waals surface area contributed by atoms with Crippen molar-refractivity contribution >= 4 is 26.0 Å². The predicted molar refractivity (Wildman–Crippen MR) is 87.2 cm³/mol. The first-order valence-electron chi connectivity index (χ1n) is 6.47. The van der Waals surface area contributed by atoms with E-state index in [0.717, 1.165) is 15.6 Å². The molecule has 0 aliphatic rings. The molecule has 0 spiro atoms. The van der Waals surface area contributed by atoms with Gasteiger partial charge in [0, 0.05) is 17.1 Å². The van der Waals surface area contributed by atoms with Gasteiger partial charge in [-0.25, -0.2) is 13.6 Å². The van der Waals surface area contributed by atoms with Gasteiger partial charge >= 0.3 is 0 Å². The minimum Gasteiger partial charge on any atom is -0.306 e. The van der Waals surface area contributed by atoms with Crippen molar-refractivity contribution < 1.29 is 8.42 Å². The molecule has 1 unspecified atom stereocenters. The van der Waals surface area contributed by atoms with Crippen LogP contribution in [0.15, 0.2) is 57.9 Å². The molecule has 0 amide bonds. The fourth-order valence-electron chi connectivity index (χ4n) is 2.00. The third kappa shape index (κ3) is 4.64. The lowest BCUT2D eigenvalue weighted by atomic mass is 10.1. The van der Waals surface area contributed by atoms with Crippen molar-refractivity contribution in [3.8, 4) is 0 Å². The van der Waals surface area contributed by atoms with Crippen LogP contribution in [0.3, 0.4) is 0 Å². The zero-order valence-corrected chi connectivity index (χ0v) is 14.0. The van der Waals surface area contributed by atoms with Crippen LogP contribution >= 0.6 is 15.9 Å². The summed E-state index contributed by atoms with van der Waals surface area (Å²) in [6, 6.07) is 14.7. The van der Waals surface area contributed by atoms with E-state index in [-0.39, 0.29) is 10.9 Å². The van der Waals surface area contributed by atoms with E-state index in [4.69, 9.17) is 5.14 Å². The molecule has 0 radical (unpaired) electrons. The molecule has 0 bridgehead atoms. The van der Waals surface area contributed by atoms with Gasteiger partial charge in [-0.1, -0.05) is 40.2 Å². The molecule has 0 aromatic heterocycles. The third-order valence-electron chi connectivity index (χ3n) is 3.19. The van der Waals surface area contributed by atoms with E-state index in [1.54, 1.807) is 12.1 Å². The molecular formula is C15H17BrN2O2S. The van der Waals surface area contributed by atoms with Gasteiger partial charge in [0.25, 0.3) is 0 Å². The molecule has 0 saturated carbocycles. The molecule has 3 N–H and O–H groups in total. The van der Waals surface area contributed by atoms with Crippen LogP contribution in [0.5, 0.6) is 0 Å². The Labute approximate surface area is 133 Å². The quantitative estimate of drug-likeness (QED) is 0.851. The van der Waals surface area contributed by atoms with Gasteiger partial charge in [0.2, 0.25) is 10.0 Å². The molecule has 0 heterocycles. The topological polar surface area (TPSA) is 72.2 Å². The number of rotatable bonds is 5. The highest BCUT2D eigenvalue weighted by molar-refractivity contribution is 9.10. The normalized spacial score (nSPS) is 13.1. The SMILES string of the molecule is CC(NCc1cccc(Br)c1)c1cccc(S(N)(=O)=O)c1. The van der Waals surface area contributed by atoms with Crippen LogP contribution in [0, 0.1) is 0 Å². The van der Waals surface area contributed by atoms with Crippen molar-refractivity contribution in [1.29, 1.82) is 0 Å². The van der Waals surface area contributed by atoms with Crippen LogP contribution in [0.25, 0.3) is 0 Å². The van der Waals surface area contributed by atoms with Crippen molar-refractivity contribution in [2.24, 2.45) is 5.14 Å². The van der Waals surface area contributed by atoms with Gasteiger partial charge in [-0.05, 0) is 42.3 Å². The Hall–Kier alpha value is -1.21. The number of nitrogens with one attached hydrogen (secondary N) is 1. The Bertz CT molecular complexity index is 732. The third-order valence-corrected chi connectivity index (χ3v) is 4.59.